The standard InChI is InChI=1S/C49H29N5/c1-2-8-37-36(6-1)28-50-29-42(37)47-24-17-35-27-33(15-21-44(35)53-47)32-14-20-43-34(26-32)16-23-45(52-43)40-18-19-41(39-10-4-3-9-38(39)40)46-22-13-31-12-11-30-7-5-25-51-48(30)49(31)54-46/h1-29H. The summed E-state index contributed by atoms with van der Waals surface area (Å²) in [5.74, 6) is 0. The Hall–Kier alpha value is -7.37. The van der Waals surface area contributed by atoms with Crippen molar-refractivity contribution in [2.75, 3.05) is 0 Å². The second kappa shape index (κ2) is 12.1. The van der Waals surface area contributed by atoms with Crippen molar-refractivity contribution in [1.29, 1.82) is 0 Å². The summed E-state index contributed by atoms with van der Waals surface area (Å²) in [6.07, 6.45) is 5.63. The Morgan fingerprint density at radius 3 is 1.56 bits per heavy atom. The minimum atomic E-state index is 0.915. The Morgan fingerprint density at radius 1 is 0.333 bits per heavy atom. The molecule has 250 valence electrons. The molecule has 0 N–H and O–H groups in total. The molecule has 0 unspecified atom stereocenters. The maximum Gasteiger partial charge on any atom is 0.0972 e. The third-order valence-corrected chi connectivity index (χ3v) is 10.6. The Kier molecular flexibility index (Phi) is 6.79. The van der Waals surface area contributed by atoms with Crippen molar-refractivity contribution >= 4 is 65.2 Å². The zero-order valence-corrected chi connectivity index (χ0v) is 29.0. The van der Waals surface area contributed by atoms with Crippen LogP contribution < -0.4 is 0 Å². The highest BCUT2D eigenvalue weighted by Crippen LogP contribution is 2.37. The van der Waals surface area contributed by atoms with Gasteiger partial charge in [-0.05, 0) is 75.8 Å². The van der Waals surface area contributed by atoms with Gasteiger partial charge in [-0.25, -0.2) is 15.0 Å². The largest absolute Gasteiger partial charge is 0.263 e. The van der Waals surface area contributed by atoms with Gasteiger partial charge in [-0.2, -0.15) is 0 Å². The van der Waals surface area contributed by atoms with Gasteiger partial charge in [-0.1, -0.05) is 109 Å². The van der Waals surface area contributed by atoms with Crippen molar-refractivity contribution in [2.24, 2.45) is 0 Å². The van der Waals surface area contributed by atoms with Crippen LogP contribution in [0.1, 0.15) is 0 Å². The fourth-order valence-electron chi connectivity index (χ4n) is 7.85. The second-order valence-electron chi connectivity index (χ2n) is 13.7. The van der Waals surface area contributed by atoms with E-state index in [1.54, 1.807) is 0 Å². The van der Waals surface area contributed by atoms with Gasteiger partial charge in [0.15, 0.2) is 0 Å². The van der Waals surface area contributed by atoms with E-state index < -0.39 is 0 Å². The number of aromatic nitrogens is 5. The topological polar surface area (TPSA) is 64.5 Å². The summed E-state index contributed by atoms with van der Waals surface area (Å²) in [6.45, 7) is 0. The van der Waals surface area contributed by atoms with Gasteiger partial charge in [-0.15, -0.1) is 0 Å². The fraction of sp³-hybridized carbons (Fsp3) is 0. The van der Waals surface area contributed by atoms with Gasteiger partial charge in [0.2, 0.25) is 0 Å². The normalized spacial score (nSPS) is 11.7. The Labute approximate surface area is 310 Å². The van der Waals surface area contributed by atoms with E-state index in [1.807, 2.05) is 30.7 Å². The number of benzene rings is 6. The summed E-state index contributed by atoms with van der Waals surface area (Å²) in [5, 5.41) is 8.89. The number of fused-ring (bicyclic) bond motifs is 7. The number of hydrogen-bond acceptors (Lipinski definition) is 5. The van der Waals surface area contributed by atoms with Gasteiger partial charge in [0.05, 0.1) is 39.1 Å². The first-order chi connectivity index (χ1) is 26.7. The molecule has 0 amide bonds. The second-order valence-corrected chi connectivity index (χ2v) is 13.7. The lowest BCUT2D eigenvalue weighted by Crippen LogP contribution is -1.92. The number of pyridine rings is 5. The van der Waals surface area contributed by atoms with Crippen molar-refractivity contribution in [3.8, 4) is 44.9 Å². The molecule has 11 aromatic rings. The van der Waals surface area contributed by atoms with E-state index in [-0.39, 0.29) is 0 Å². The Bertz CT molecular complexity index is 3290. The van der Waals surface area contributed by atoms with E-state index in [1.165, 1.54) is 0 Å². The van der Waals surface area contributed by atoms with Crippen molar-refractivity contribution in [3.63, 3.8) is 0 Å². The van der Waals surface area contributed by atoms with Crippen molar-refractivity contribution in [2.45, 2.75) is 0 Å². The number of rotatable bonds is 4. The van der Waals surface area contributed by atoms with E-state index in [2.05, 4.69) is 156 Å². The van der Waals surface area contributed by atoms with Crippen molar-refractivity contribution in [1.82, 2.24) is 24.9 Å². The first-order valence-electron chi connectivity index (χ1n) is 18.1. The van der Waals surface area contributed by atoms with Crippen LogP contribution >= 0.6 is 0 Å². The Balaban J connectivity index is 0.934. The third kappa shape index (κ3) is 4.98. The molecule has 0 radical (unpaired) electrons. The highest BCUT2D eigenvalue weighted by Gasteiger charge is 2.14. The summed E-state index contributed by atoms with van der Waals surface area (Å²) in [5.41, 5.74) is 12.0. The van der Waals surface area contributed by atoms with Crippen LogP contribution in [0.15, 0.2) is 176 Å². The zero-order valence-electron chi connectivity index (χ0n) is 29.0. The molecular formula is C49H29N5. The molecule has 5 heteroatoms. The summed E-state index contributed by atoms with van der Waals surface area (Å²) >= 11 is 0. The predicted molar refractivity (Wildman–Crippen MR) is 222 cm³/mol. The fourth-order valence-corrected chi connectivity index (χ4v) is 7.85. The molecule has 54 heavy (non-hydrogen) atoms. The smallest absolute Gasteiger partial charge is 0.0972 e. The van der Waals surface area contributed by atoms with Crippen LogP contribution in [0.3, 0.4) is 0 Å². The number of nitrogens with zero attached hydrogens (tertiary/aromatic N) is 5. The zero-order chi connectivity index (χ0) is 35.6. The quantitative estimate of drug-likeness (QED) is 0.172. The summed E-state index contributed by atoms with van der Waals surface area (Å²) in [4.78, 5) is 24.5. The van der Waals surface area contributed by atoms with Gasteiger partial charge in [0, 0.05) is 62.2 Å². The monoisotopic (exact) mass is 687 g/mol. The molecule has 5 aromatic heterocycles. The van der Waals surface area contributed by atoms with E-state index >= 15 is 0 Å². The molecule has 0 atom stereocenters. The van der Waals surface area contributed by atoms with Crippen LogP contribution in [-0.2, 0) is 0 Å². The molecule has 5 heterocycles. The first kappa shape index (κ1) is 30.3. The van der Waals surface area contributed by atoms with Gasteiger partial charge >= 0.3 is 0 Å². The van der Waals surface area contributed by atoms with Gasteiger partial charge in [0.1, 0.15) is 0 Å². The lowest BCUT2D eigenvalue weighted by molar-refractivity contribution is 1.33. The summed E-state index contributed by atoms with van der Waals surface area (Å²) < 4.78 is 0. The minimum Gasteiger partial charge on any atom is -0.263 e. The van der Waals surface area contributed by atoms with Crippen LogP contribution in [-0.4, -0.2) is 24.9 Å². The summed E-state index contributed by atoms with van der Waals surface area (Å²) in [6, 6.07) is 55.3. The molecule has 0 aliphatic rings. The van der Waals surface area contributed by atoms with Crippen LogP contribution in [0.25, 0.3) is 110 Å². The predicted octanol–water partition coefficient (Wildman–Crippen LogP) is 12.2. The lowest BCUT2D eigenvalue weighted by Gasteiger charge is -2.13. The van der Waals surface area contributed by atoms with E-state index in [9.17, 15) is 0 Å². The maximum absolute atomic E-state index is 5.18. The maximum atomic E-state index is 5.18. The molecule has 0 bridgehead atoms. The van der Waals surface area contributed by atoms with Crippen LogP contribution in [0.2, 0.25) is 0 Å². The molecule has 0 saturated heterocycles. The molecule has 6 aromatic carbocycles. The number of hydrogen-bond donors (Lipinski definition) is 0. The molecular weight excluding hydrogens is 659 g/mol. The van der Waals surface area contributed by atoms with Crippen LogP contribution in [0.4, 0.5) is 0 Å². The highest BCUT2D eigenvalue weighted by atomic mass is 14.8. The van der Waals surface area contributed by atoms with Crippen LogP contribution in [0, 0.1) is 0 Å². The average molecular weight is 688 g/mol. The van der Waals surface area contributed by atoms with Gasteiger partial charge < -0.3 is 0 Å². The Morgan fingerprint density at radius 2 is 0.870 bits per heavy atom. The first-order valence-corrected chi connectivity index (χ1v) is 18.1. The lowest BCUT2D eigenvalue weighted by atomic mass is 9.95. The molecule has 0 aliphatic heterocycles. The van der Waals surface area contributed by atoms with Crippen molar-refractivity contribution < 1.29 is 0 Å². The SMILES string of the molecule is c1ccc2c(-c3ccc4cc(-c5ccc6nc(-c7ccc(-c8ccc9ccc%10cccnc%10c9n8)c8ccccc78)ccc6c5)ccc4n3)cncc2c1. The van der Waals surface area contributed by atoms with Crippen molar-refractivity contribution in [3.05, 3.63) is 176 Å². The molecule has 0 saturated carbocycles. The molecule has 0 fully saturated rings. The van der Waals surface area contributed by atoms with E-state index in [0.717, 1.165) is 110 Å². The molecule has 11 rings (SSSR count). The molecule has 0 aliphatic carbocycles. The summed E-state index contributed by atoms with van der Waals surface area (Å²) in [7, 11) is 0. The molecule has 0 spiro atoms. The van der Waals surface area contributed by atoms with Gasteiger partial charge in [-0.3, -0.25) is 9.97 Å². The highest BCUT2D eigenvalue weighted by molar-refractivity contribution is 6.07. The molecule has 5 nitrogen and oxygen atoms in total. The van der Waals surface area contributed by atoms with E-state index in [4.69, 9.17) is 15.0 Å². The minimum absolute atomic E-state index is 0.915. The third-order valence-electron chi connectivity index (χ3n) is 10.6. The van der Waals surface area contributed by atoms with Gasteiger partial charge in [0.25, 0.3) is 0 Å². The van der Waals surface area contributed by atoms with Crippen LogP contribution in [0.5, 0.6) is 0 Å². The van der Waals surface area contributed by atoms with E-state index in [0.29, 0.717) is 0 Å². The average Bonchev–Trinajstić information content (AvgIpc) is 3.25.